The molecule has 1 aromatic carbocycles. The van der Waals surface area contributed by atoms with Gasteiger partial charge in [0.1, 0.15) is 5.02 Å². The third kappa shape index (κ3) is 3.41. The van der Waals surface area contributed by atoms with Crippen LogP contribution in [0.3, 0.4) is 0 Å². The molecule has 5 nitrogen and oxygen atoms in total. The monoisotopic (exact) mass is 332 g/mol. The maximum Gasteiger partial charge on any atom is 0.285 e. The number of H-pyrrole nitrogens is 1. The minimum atomic E-state index is -0.335. The number of nitrogens with one attached hydrogen (secondary N) is 1. The normalized spacial score (nSPS) is 19.1. The molecule has 6 heteroatoms. The van der Waals surface area contributed by atoms with E-state index in [1.54, 1.807) is 6.20 Å². The van der Waals surface area contributed by atoms with Gasteiger partial charge >= 0.3 is 0 Å². The maximum atomic E-state index is 11.6. The van der Waals surface area contributed by atoms with Gasteiger partial charge in [-0.05, 0) is 25.0 Å². The van der Waals surface area contributed by atoms with Crippen molar-refractivity contribution in [2.24, 2.45) is 0 Å². The summed E-state index contributed by atoms with van der Waals surface area (Å²) in [5.41, 5.74) is 3.07. The molecule has 0 aliphatic carbocycles. The molecular weight excluding hydrogens is 312 g/mol. The van der Waals surface area contributed by atoms with Gasteiger partial charge in [-0.2, -0.15) is 5.10 Å². The number of benzene rings is 1. The van der Waals surface area contributed by atoms with E-state index in [0.29, 0.717) is 0 Å². The van der Waals surface area contributed by atoms with E-state index in [2.05, 4.69) is 58.1 Å². The first-order chi connectivity index (χ1) is 11.1. The van der Waals surface area contributed by atoms with Crippen molar-refractivity contribution < 1.29 is 0 Å². The molecule has 0 saturated carbocycles. The first-order valence-corrected chi connectivity index (χ1v) is 8.20. The summed E-state index contributed by atoms with van der Waals surface area (Å²) in [5, 5.41) is 6.46. The number of aromatic amines is 1. The van der Waals surface area contributed by atoms with Gasteiger partial charge in [-0.25, -0.2) is 5.10 Å². The summed E-state index contributed by atoms with van der Waals surface area (Å²) in [6, 6.07) is 8.76. The van der Waals surface area contributed by atoms with Gasteiger partial charge in [-0.1, -0.05) is 35.9 Å². The lowest BCUT2D eigenvalue weighted by atomic mass is 10.1. The van der Waals surface area contributed by atoms with Crippen LogP contribution in [0.25, 0.3) is 0 Å². The highest BCUT2D eigenvalue weighted by molar-refractivity contribution is 6.33. The number of aromatic nitrogens is 2. The molecule has 23 heavy (non-hydrogen) atoms. The smallest absolute Gasteiger partial charge is 0.285 e. The van der Waals surface area contributed by atoms with Crippen LogP contribution in [0.2, 0.25) is 5.02 Å². The number of anilines is 1. The van der Waals surface area contributed by atoms with Crippen molar-refractivity contribution in [1.29, 1.82) is 0 Å². The predicted molar refractivity (Wildman–Crippen MR) is 93.1 cm³/mol. The highest BCUT2D eigenvalue weighted by Gasteiger charge is 2.26. The first-order valence-electron chi connectivity index (χ1n) is 7.83. The summed E-state index contributed by atoms with van der Waals surface area (Å²) in [7, 11) is 0. The van der Waals surface area contributed by atoms with Crippen LogP contribution in [0.5, 0.6) is 0 Å². The molecule has 0 unspecified atom stereocenters. The Morgan fingerprint density at radius 3 is 2.87 bits per heavy atom. The van der Waals surface area contributed by atoms with Crippen molar-refractivity contribution in [2.75, 3.05) is 24.5 Å². The van der Waals surface area contributed by atoms with E-state index in [-0.39, 0.29) is 16.6 Å². The van der Waals surface area contributed by atoms with Crippen LogP contribution < -0.4 is 10.5 Å². The Morgan fingerprint density at radius 2 is 2.13 bits per heavy atom. The van der Waals surface area contributed by atoms with E-state index >= 15 is 0 Å². The number of hydrogen-bond acceptors (Lipinski definition) is 4. The quantitative estimate of drug-likeness (QED) is 0.938. The second kappa shape index (κ2) is 6.72. The molecule has 1 aliphatic heterocycles. The summed E-state index contributed by atoms with van der Waals surface area (Å²) < 4.78 is 0. The van der Waals surface area contributed by atoms with E-state index in [9.17, 15) is 4.79 Å². The number of aryl methyl sites for hydroxylation is 1. The second-order valence-corrected chi connectivity index (χ2v) is 6.48. The molecule has 1 aromatic heterocycles. The average Bonchev–Trinajstić information content (AvgIpc) is 2.53. The Balaban J connectivity index is 1.71. The fourth-order valence-corrected chi connectivity index (χ4v) is 3.34. The minimum Gasteiger partial charge on any atom is -0.364 e. The largest absolute Gasteiger partial charge is 0.364 e. The Hall–Kier alpha value is -1.85. The molecule has 0 radical (unpaired) electrons. The molecule has 0 amide bonds. The molecule has 2 aromatic rings. The average molecular weight is 333 g/mol. The van der Waals surface area contributed by atoms with Gasteiger partial charge in [0.15, 0.2) is 0 Å². The van der Waals surface area contributed by atoms with Gasteiger partial charge in [0.2, 0.25) is 0 Å². The Labute approximate surface area is 140 Å². The van der Waals surface area contributed by atoms with Crippen LogP contribution in [0, 0.1) is 6.92 Å². The Morgan fingerprint density at radius 1 is 1.35 bits per heavy atom. The lowest BCUT2D eigenvalue weighted by Crippen LogP contribution is -2.52. The molecule has 0 spiro atoms. The van der Waals surface area contributed by atoms with Gasteiger partial charge in [0, 0.05) is 32.2 Å². The maximum absolute atomic E-state index is 11.6. The van der Waals surface area contributed by atoms with Gasteiger partial charge in [0.25, 0.3) is 5.56 Å². The number of nitrogens with zero attached hydrogens (tertiary/aromatic N) is 3. The van der Waals surface area contributed by atoms with Crippen molar-refractivity contribution in [3.05, 3.63) is 57.0 Å². The molecular formula is C17H21ClN4O. The molecule has 122 valence electrons. The van der Waals surface area contributed by atoms with Crippen molar-refractivity contribution in [1.82, 2.24) is 15.1 Å². The van der Waals surface area contributed by atoms with Crippen molar-refractivity contribution >= 4 is 17.3 Å². The lowest BCUT2D eigenvalue weighted by Gasteiger charge is -2.41. The molecule has 1 N–H and O–H groups in total. The minimum absolute atomic E-state index is 0.221. The van der Waals surface area contributed by atoms with Gasteiger partial charge in [0.05, 0.1) is 11.9 Å². The lowest BCUT2D eigenvalue weighted by molar-refractivity contribution is 0.220. The van der Waals surface area contributed by atoms with Gasteiger partial charge in [-0.3, -0.25) is 9.69 Å². The van der Waals surface area contributed by atoms with E-state index in [1.807, 2.05) is 0 Å². The number of halogens is 1. The zero-order valence-corrected chi connectivity index (χ0v) is 14.2. The highest BCUT2D eigenvalue weighted by Crippen LogP contribution is 2.25. The topological polar surface area (TPSA) is 52.2 Å². The standard InChI is InChI=1S/C17H21ClN4O/c1-12-5-3-4-6-14(12)11-21-7-8-22(13(2)10-21)15-9-19-20-17(23)16(15)18/h3-6,9,13H,7-8,10-11H2,1-2H3,(H,20,23)/t13-/m1/s1. The summed E-state index contributed by atoms with van der Waals surface area (Å²) >= 11 is 6.14. The Kier molecular flexibility index (Phi) is 4.68. The Bertz CT molecular complexity index is 745. The van der Waals surface area contributed by atoms with Crippen LogP contribution in [-0.2, 0) is 6.54 Å². The molecule has 0 bridgehead atoms. The van der Waals surface area contributed by atoms with Crippen molar-refractivity contribution in [3.8, 4) is 0 Å². The molecule has 1 aliphatic rings. The summed E-state index contributed by atoms with van der Waals surface area (Å²) in [5.74, 6) is 0. The van der Waals surface area contributed by atoms with Crippen LogP contribution in [0.1, 0.15) is 18.1 Å². The van der Waals surface area contributed by atoms with Gasteiger partial charge < -0.3 is 4.90 Å². The molecule has 2 heterocycles. The fourth-order valence-electron chi connectivity index (χ4n) is 3.14. The van der Waals surface area contributed by atoms with Crippen LogP contribution in [0.4, 0.5) is 5.69 Å². The van der Waals surface area contributed by atoms with Crippen molar-refractivity contribution in [2.45, 2.75) is 26.4 Å². The van der Waals surface area contributed by atoms with Crippen LogP contribution in [-0.4, -0.2) is 40.8 Å². The third-order valence-corrected chi connectivity index (χ3v) is 4.82. The summed E-state index contributed by atoms with van der Waals surface area (Å²) in [4.78, 5) is 16.3. The molecule has 1 fully saturated rings. The third-order valence-electron chi connectivity index (χ3n) is 4.45. The number of piperazine rings is 1. The molecule has 3 rings (SSSR count). The van der Waals surface area contributed by atoms with Gasteiger partial charge in [-0.15, -0.1) is 0 Å². The second-order valence-electron chi connectivity index (χ2n) is 6.10. The van der Waals surface area contributed by atoms with Crippen molar-refractivity contribution in [3.63, 3.8) is 0 Å². The zero-order valence-electron chi connectivity index (χ0n) is 13.4. The first kappa shape index (κ1) is 16.0. The van der Waals surface area contributed by atoms with E-state index in [1.165, 1.54) is 11.1 Å². The molecule has 1 saturated heterocycles. The number of rotatable bonds is 3. The van der Waals surface area contributed by atoms with Crippen LogP contribution in [0.15, 0.2) is 35.3 Å². The van der Waals surface area contributed by atoms with E-state index in [0.717, 1.165) is 31.9 Å². The summed E-state index contributed by atoms with van der Waals surface area (Å²) in [6.45, 7) is 7.95. The molecule has 1 atom stereocenters. The van der Waals surface area contributed by atoms with E-state index < -0.39 is 0 Å². The summed E-state index contributed by atoms with van der Waals surface area (Å²) in [6.07, 6.45) is 1.64. The van der Waals surface area contributed by atoms with Crippen LogP contribution >= 0.6 is 11.6 Å². The number of hydrogen-bond donors (Lipinski definition) is 1. The zero-order chi connectivity index (χ0) is 16.4. The van der Waals surface area contributed by atoms with E-state index in [4.69, 9.17) is 11.6 Å². The SMILES string of the molecule is Cc1ccccc1CN1CCN(c2cn[nH]c(=O)c2Cl)[C@H](C)C1. The fraction of sp³-hybridized carbons (Fsp3) is 0.412. The highest BCUT2D eigenvalue weighted by atomic mass is 35.5. The predicted octanol–water partition coefficient (Wildman–Crippen LogP) is 2.44.